The first-order chi connectivity index (χ1) is 27.7. The zero-order valence-electron chi connectivity index (χ0n) is 38.9. The molecule has 1 amide bonds. The summed E-state index contributed by atoms with van der Waals surface area (Å²) in [6.45, 7) is 16.5. The molecule has 0 aromatic carbocycles. The third kappa shape index (κ3) is 32.6. The Hall–Kier alpha value is -1.89. The Bertz CT molecular complexity index is 940. The summed E-state index contributed by atoms with van der Waals surface area (Å²) in [4.78, 5) is 42.1. The van der Waals surface area contributed by atoms with E-state index in [0.717, 1.165) is 102 Å². The number of nitrogens with zero attached hydrogens (tertiary/aromatic N) is 2. The number of esters is 1. The van der Waals surface area contributed by atoms with Gasteiger partial charge in [0.25, 0.3) is 6.47 Å². The molecular weight excluding hydrogens is 709 g/mol. The largest absolute Gasteiger partial charge is 0.467 e. The van der Waals surface area contributed by atoms with Crippen molar-refractivity contribution in [3.05, 3.63) is 12.2 Å². The van der Waals surface area contributed by atoms with Crippen LogP contribution in [-0.4, -0.2) is 74.6 Å². The van der Waals surface area contributed by atoms with Crippen LogP contribution in [0.1, 0.15) is 233 Å². The molecule has 0 radical (unpaired) electrons. The van der Waals surface area contributed by atoms with Crippen LogP contribution >= 0.6 is 0 Å². The highest BCUT2D eigenvalue weighted by molar-refractivity contribution is 5.76. The smallest absolute Gasteiger partial charge is 0.305 e. The first-order valence-corrected chi connectivity index (χ1v) is 24.6. The maximum Gasteiger partial charge on any atom is 0.305 e. The lowest BCUT2D eigenvalue weighted by Gasteiger charge is -2.33. The monoisotopic (exact) mass is 805 g/mol. The topological polar surface area (TPSA) is 76.2 Å². The molecule has 0 saturated carbocycles. The molecule has 7 nitrogen and oxygen atoms in total. The van der Waals surface area contributed by atoms with Crippen molar-refractivity contribution in [1.29, 1.82) is 0 Å². The molecule has 3 unspecified atom stereocenters. The van der Waals surface area contributed by atoms with Crippen molar-refractivity contribution in [2.24, 2.45) is 11.8 Å². The summed E-state index contributed by atoms with van der Waals surface area (Å²) in [5.41, 5.74) is 1.07. The molecule has 0 aromatic rings. The van der Waals surface area contributed by atoms with Crippen LogP contribution in [0.2, 0.25) is 0 Å². The Balaban J connectivity index is 4.99. The number of unbranched alkanes of at least 4 members (excludes halogenated alkanes) is 20. The van der Waals surface area contributed by atoms with E-state index in [2.05, 4.69) is 58.2 Å². The number of hydrogen-bond donors (Lipinski definition) is 0. The zero-order chi connectivity index (χ0) is 42.2. The van der Waals surface area contributed by atoms with Crippen LogP contribution < -0.4 is 0 Å². The van der Waals surface area contributed by atoms with Crippen LogP contribution in [0.25, 0.3) is 0 Å². The Labute approximate surface area is 354 Å². The first-order valence-electron chi connectivity index (χ1n) is 24.6. The standard InChI is InChI=1S/C50H96N2O5/c1-8-12-16-19-21-24-29-36-48(52(41-33-40-51(6)7)49(54)38-31-26-20-17-13-9-2)37-30-25-22-23-27-32-39-50(55)57-43-47(34-15-11-4)45(5)46(42-56-44-53)35-28-18-14-10-3/h44,46-48H,5,8-43H2,1-4,6-7H3. The van der Waals surface area contributed by atoms with Gasteiger partial charge in [-0.1, -0.05) is 188 Å². The molecular formula is C50H96N2O5. The SMILES string of the molecule is C=C(C(CCCCCC)COC=O)C(CCCC)COC(=O)CCCCCCCCC(CCCCCCCCC)N(CCCN(C)C)C(=O)CCCCCCCC. The molecule has 7 heteroatoms. The Morgan fingerprint density at radius 3 is 1.49 bits per heavy atom. The molecule has 336 valence electrons. The second kappa shape index (κ2) is 40.9. The van der Waals surface area contributed by atoms with Gasteiger partial charge < -0.3 is 19.3 Å². The van der Waals surface area contributed by atoms with E-state index in [9.17, 15) is 14.4 Å². The van der Waals surface area contributed by atoms with E-state index in [1.165, 1.54) is 109 Å². The second-order valence-corrected chi connectivity index (χ2v) is 17.6. The molecule has 0 aliphatic carbocycles. The lowest BCUT2D eigenvalue weighted by molar-refractivity contribution is -0.145. The van der Waals surface area contributed by atoms with Gasteiger partial charge in [-0.2, -0.15) is 0 Å². The van der Waals surface area contributed by atoms with Gasteiger partial charge in [0.15, 0.2) is 0 Å². The summed E-state index contributed by atoms with van der Waals surface area (Å²) in [5.74, 6) is 0.491. The Morgan fingerprint density at radius 1 is 0.526 bits per heavy atom. The predicted octanol–water partition coefficient (Wildman–Crippen LogP) is 13.8. The quantitative estimate of drug-likeness (QED) is 0.0264. The Morgan fingerprint density at radius 2 is 0.965 bits per heavy atom. The van der Waals surface area contributed by atoms with Gasteiger partial charge in [0.05, 0.1) is 13.2 Å². The van der Waals surface area contributed by atoms with Gasteiger partial charge in [-0.25, -0.2) is 0 Å². The van der Waals surface area contributed by atoms with Crippen molar-refractivity contribution in [2.75, 3.05) is 40.4 Å². The van der Waals surface area contributed by atoms with Gasteiger partial charge in [0.2, 0.25) is 5.91 Å². The highest BCUT2D eigenvalue weighted by Crippen LogP contribution is 2.29. The number of carbonyl (C=O) groups is 3. The molecule has 0 N–H and O–H groups in total. The maximum atomic E-state index is 13.8. The molecule has 0 aliphatic heterocycles. The molecule has 0 rings (SSSR count). The third-order valence-electron chi connectivity index (χ3n) is 12.0. The lowest BCUT2D eigenvalue weighted by atomic mass is 9.83. The van der Waals surface area contributed by atoms with Crippen LogP contribution in [0.4, 0.5) is 0 Å². The summed E-state index contributed by atoms with van der Waals surface area (Å²) in [7, 11) is 4.26. The van der Waals surface area contributed by atoms with Crippen LogP contribution in [-0.2, 0) is 23.9 Å². The summed E-state index contributed by atoms with van der Waals surface area (Å²) < 4.78 is 11.0. The van der Waals surface area contributed by atoms with Crippen molar-refractivity contribution >= 4 is 18.3 Å². The average Bonchev–Trinajstić information content (AvgIpc) is 3.20. The zero-order valence-corrected chi connectivity index (χ0v) is 38.9. The van der Waals surface area contributed by atoms with Crippen LogP contribution in [0, 0.1) is 11.8 Å². The van der Waals surface area contributed by atoms with Crippen LogP contribution in [0.15, 0.2) is 12.2 Å². The van der Waals surface area contributed by atoms with E-state index >= 15 is 0 Å². The highest BCUT2D eigenvalue weighted by atomic mass is 16.5. The third-order valence-corrected chi connectivity index (χ3v) is 12.0. The average molecular weight is 805 g/mol. The maximum absolute atomic E-state index is 13.8. The summed E-state index contributed by atoms with van der Waals surface area (Å²) in [6, 6.07) is 0.358. The molecule has 0 aliphatic rings. The molecule has 0 bridgehead atoms. The van der Waals surface area contributed by atoms with E-state index in [1.54, 1.807) is 0 Å². The van der Waals surface area contributed by atoms with Gasteiger partial charge in [-0.15, -0.1) is 0 Å². The first kappa shape index (κ1) is 55.1. The van der Waals surface area contributed by atoms with Crippen molar-refractivity contribution < 1.29 is 23.9 Å². The minimum Gasteiger partial charge on any atom is -0.467 e. The molecule has 57 heavy (non-hydrogen) atoms. The summed E-state index contributed by atoms with van der Waals surface area (Å²) in [5, 5.41) is 0. The van der Waals surface area contributed by atoms with Gasteiger partial charge in [0, 0.05) is 37.3 Å². The van der Waals surface area contributed by atoms with E-state index in [1.807, 2.05) is 0 Å². The lowest BCUT2D eigenvalue weighted by Crippen LogP contribution is -2.41. The normalized spacial score (nSPS) is 13.0. The van der Waals surface area contributed by atoms with Gasteiger partial charge in [0.1, 0.15) is 0 Å². The molecule has 0 saturated heterocycles. The number of amides is 1. The van der Waals surface area contributed by atoms with Gasteiger partial charge in [-0.3, -0.25) is 14.4 Å². The molecule has 3 atom stereocenters. The van der Waals surface area contributed by atoms with E-state index in [4.69, 9.17) is 9.47 Å². The van der Waals surface area contributed by atoms with Gasteiger partial charge in [-0.05, 0) is 65.6 Å². The highest BCUT2D eigenvalue weighted by Gasteiger charge is 2.24. The number of ether oxygens (including phenoxy) is 2. The van der Waals surface area contributed by atoms with E-state index < -0.39 is 0 Å². The fourth-order valence-corrected chi connectivity index (χ4v) is 8.19. The minimum atomic E-state index is -0.110. The fourth-order valence-electron chi connectivity index (χ4n) is 8.19. The molecule has 0 spiro atoms. The van der Waals surface area contributed by atoms with Crippen LogP contribution in [0.5, 0.6) is 0 Å². The van der Waals surface area contributed by atoms with Crippen molar-refractivity contribution in [3.63, 3.8) is 0 Å². The van der Waals surface area contributed by atoms with E-state index in [-0.39, 0.29) is 17.8 Å². The summed E-state index contributed by atoms with van der Waals surface area (Å²) >= 11 is 0. The number of rotatable bonds is 44. The minimum absolute atomic E-state index is 0.102. The van der Waals surface area contributed by atoms with Crippen molar-refractivity contribution in [3.8, 4) is 0 Å². The molecule has 0 fully saturated rings. The molecule has 0 aromatic heterocycles. The van der Waals surface area contributed by atoms with Crippen molar-refractivity contribution in [2.45, 2.75) is 239 Å². The number of hydrogen-bond acceptors (Lipinski definition) is 6. The fraction of sp³-hybridized carbons (Fsp3) is 0.900. The molecule has 0 heterocycles. The van der Waals surface area contributed by atoms with Gasteiger partial charge >= 0.3 is 5.97 Å². The van der Waals surface area contributed by atoms with Crippen LogP contribution in [0.3, 0.4) is 0 Å². The van der Waals surface area contributed by atoms with E-state index in [0.29, 0.717) is 44.5 Å². The predicted molar refractivity (Wildman–Crippen MR) is 244 cm³/mol. The second-order valence-electron chi connectivity index (χ2n) is 17.6. The summed E-state index contributed by atoms with van der Waals surface area (Å²) in [6.07, 6.45) is 36.1. The Kier molecular flexibility index (Phi) is 39.5. The number of carbonyl (C=O) groups excluding carboxylic acids is 3. The van der Waals surface area contributed by atoms with Crippen molar-refractivity contribution in [1.82, 2.24) is 9.80 Å².